The quantitative estimate of drug-likeness (QED) is 0.612. The molecule has 1 amide bonds. The fraction of sp³-hybridized carbons (Fsp3) is 0.435. The van der Waals surface area contributed by atoms with Crippen LogP contribution in [0.3, 0.4) is 0 Å². The number of carbonyl (C=O) groups excluding carboxylic acids is 1. The number of amides is 1. The maximum atomic E-state index is 13.2. The van der Waals surface area contributed by atoms with Gasteiger partial charge in [0, 0.05) is 23.8 Å². The molecule has 0 bridgehead atoms. The minimum atomic E-state index is -3.84. The van der Waals surface area contributed by atoms with Crippen molar-refractivity contribution in [2.45, 2.75) is 43.9 Å². The number of piperidine rings is 1. The molecule has 1 saturated heterocycles. The summed E-state index contributed by atoms with van der Waals surface area (Å²) in [6, 6.07) is 12.4. The van der Waals surface area contributed by atoms with Crippen LogP contribution < -0.4 is 10.1 Å². The van der Waals surface area contributed by atoms with Crippen molar-refractivity contribution in [2.75, 3.05) is 25.5 Å². The summed E-state index contributed by atoms with van der Waals surface area (Å²) in [4.78, 5) is 12.9. The first-order valence-corrected chi connectivity index (χ1v) is 12.4. The van der Waals surface area contributed by atoms with E-state index < -0.39 is 15.9 Å². The summed E-state index contributed by atoms with van der Waals surface area (Å²) in [5.41, 5.74) is 1.96. The zero-order valence-corrected chi connectivity index (χ0v) is 19.5. The topological polar surface area (TPSA) is 75.7 Å². The zero-order chi connectivity index (χ0) is 22.4. The van der Waals surface area contributed by atoms with E-state index in [1.54, 1.807) is 6.07 Å². The molecule has 6 nitrogen and oxygen atoms in total. The van der Waals surface area contributed by atoms with Gasteiger partial charge in [-0.05, 0) is 61.6 Å². The number of carbonyl (C=O) groups is 1. The van der Waals surface area contributed by atoms with Gasteiger partial charge in [-0.15, -0.1) is 0 Å². The number of unbranched alkanes of at least 4 members (excludes halogenated alkanes) is 1. The number of sulfonamides is 1. The molecule has 0 aliphatic carbocycles. The van der Waals surface area contributed by atoms with Crippen molar-refractivity contribution < 1.29 is 17.9 Å². The fourth-order valence-electron chi connectivity index (χ4n) is 3.75. The Morgan fingerprint density at radius 3 is 2.65 bits per heavy atom. The third kappa shape index (κ3) is 5.79. The van der Waals surface area contributed by atoms with Crippen LogP contribution in [0.15, 0.2) is 47.4 Å². The van der Waals surface area contributed by atoms with Gasteiger partial charge in [-0.3, -0.25) is 4.79 Å². The van der Waals surface area contributed by atoms with Gasteiger partial charge in [0.25, 0.3) is 0 Å². The smallest absolute Gasteiger partial charge is 0.246 e. The molecule has 1 aliphatic rings. The highest BCUT2D eigenvalue weighted by Crippen LogP contribution is 2.32. The molecule has 0 radical (unpaired) electrons. The predicted molar refractivity (Wildman–Crippen MR) is 123 cm³/mol. The summed E-state index contributed by atoms with van der Waals surface area (Å²) in [6.07, 6.45) is 4.54. The van der Waals surface area contributed by atoms with E-state index in [0.717, 1.165) is 24.9 Å². The summed E-state index contributed by atoms with van der Waals surface area (Å²) in [7, 11) is -2.42. The Bertz CT molecular complexity index is 1010. The molecule has 1 N–H and O–H groups in total. The number of nitrogens with zero attached hydrogens (tertiary/aromatic N) is 1. The van der Waals surface area contributed by atoms with Gasteiger partial charge < -0.3 is 10.1 Å². The third-order valence-electron chi connectivity index (χ3n) is 5.54. The molecule has 1 heterocycles. The van der Waals surface area contributed by atoms with Crippen molar-refractivity contribution in [3.8, 4) is 5.75 Å². The lowest BCUT2D eigenvalue weighted by Crippen LogP contribution is -2.43. The number of rotatable bonds is 8. The highest BCUT2D eigenvalue weighted by atomic mass is 35.5. The van der Waals surface area contributed by atoms with Gasteiger partial charge in [-0.1, -0.05) is 37.1 Å². The number of hydrogen-bond donors (Lipinski definition) is 1. The number of hydrogen-bond acceptors (Lipinski definition) is 4. The maximum Gasteiger partial charge on any atom is 0.246 e. The Hall–Kier alpha value is -2.09. The number of methoxy groups -OCH3 is 1. The van der Waals surface area contributed by atoms with Crippen LogP contribution in [0.1, 0.15) is 38.2 Å². The molecule has 8 heteroatoms. The molecule has 0 saturated carbocycles. The number of ether oxygens (including phenoxy) is 1. The van der Waals surface area contributed by atoms with E-state index in [9.17, 15) is 13.2 Å². The molecule has 1 aliphatic heterocycles. The first-order valence-electron chi connectivity index (χ1n) is 10.6. The number of benzene rings is 2. The molecule has 1 fully saturated rings. The monoisotopic (exact) mass is 464 g/mol. The molecule has 0 aromatic heterocycles. The van der Waals surface area contributed by atoms with Gasteiger partial charge in [0.1, 0.15) is 10.6 Å². The summed E-state index contributed by atoms with van der Waals surface area (Å²) in [5, 5.41) is 3.25. The van der Waals surface area contributed by atoms with Crippen molar-refractivity contribution >= 4 is 33.2 Å². The van der Waals surface area contributed by atoms with Gasteiger partial charge in [-0.2, -0.15) is 4.31 Å². The fourth-order valence-corrected chi connectivity index (χ4v) is 5.69. The van der Waals surface area contributed by atoms with Crippen molar-refractivity contribution in [3.63, 3.8) is 0 Å². The molecular formula is C23H29ClN2O4S. The molecule has 0 unspecified atom stereocenters. The zero-order valence-electron chi connectivity index (χ0n) is 17.9. The molecule has 2 aromatic rings. The maximum absolute atomic E-state index is 13.2. The van der Waals surface area contributed by atoms with Crippen LogP contribution in [-0.4, -0.2) is 38.8 Å². The van der Waals surface area contributed by atoms with Gasteiger partial charge in [0.05, 0.1) is 13.0 Å². The number of halogens is 1. The number of anilines is 1. The van der Waals surface area contributed by atoms with Crippen LogP contribution in [0, 0.1) is 5.92 Å². The van der Waals surface area contributed by atoms with Crippen molar-refractivity contribution in [1.82, 2.24) is 4.31 Å². The number of nitrogens with one attached hydrogen (secondary N) is 1. The predicted octanol–water partition coefficient (Wildman–Crippen LogP) is 4.73. The Kier molecular flexibility index (Phi) is 7.97. The Labute approximate surface area is 189 Å². The molecular weight excluding hydrogens is 436 g/mol. The highest BCUT2D eigenvalue weighted by molar-refractivity contribution is 7.89. The SMILES string of the molecule is CCCCc1ccc(NC(=O)[C@H]2CCCN(S(=O)(=O)c3cc(Cl)ccc3OC)C2)cc1. The van der Waals surface area contributed by atoms with Crippen LogP contribution in [0.5, 0.6) is 5.75 Å². The minimum Gasteiger partial charge on any atom is -0.495 e. The third-order valence-corrected chi connectivity index (χ3v) is 7.66. The molecule has 1 atom stereocenters. The average molecular weight is 465 g/mol. The lowest BCUT2D eigenvalue weighted by atomic mass is 9.98. The molecule has 31 heavy (non-hydrogen) atoms. The first-order chi connectivity index (χ1) is 14.8. The molecule has 2 aromatic carbocycles. The first kappa shape index (κ1) is 23.6. The molecule has 3 rings (SSSR count). The van der Waals surface area contributed by atoms with Crippen molar-refractivity contribution in [1.29, 1.82) is 0 Å². The van der Waals surface area contributed by atoms with Gasteiger partial charge in [0.15, 0.2) is 0 Å². The summed E-state index contributed by atoms with van der Waals surface area (Å²) < 4.78 is 33.0. The largest absolute Gasteiger partial charge is 0.495 e. The summed E-state index contributed by atoms with van der Waals surface area (Å²) in [5.74, 6) is -0.355. The van der Waals surface area contributed by atoms with Crippen LogP contribution >= 0.6 is 11.6 Å². The van der Waals surface area contributed by atoms with E-state index in [1.165, 1.54) is 29.1 Å². The van der Waals surface area contributed by atoms with E-state index in [0.29, 0.717) is 24.4 Å². The van der Waals surface area contributed by atoms with Gasteiger partial charge >= 0.3 is 0 Å². The van der Waals surface area contributed by atoms with E-state index in [4.69, 9.17) is 16.3 Å². The van der Waals surface area contributed by atoms with Crippen molar-refractivity contribution in [2.24, 2.45) is 5.92 Å². The Morgan fingerprint density at radius 1 is 1.23 bits per heavy atom. The summed E-state index contributed by atoms with van der Waals surface area (Å²) in [6.45, 7) is 2.64. The van der Waals surface area contributed by atoms with Crippen LogP contribution in [0.2, 0.25) is 5.02 Å². The minimum absolute atomic E-state index is 0.0197. The molecule has 0 spiro atoms. The van der Waals surface area contributed by atoms with Gasteiger partial charge in [0.2, 0.25) is 15.9 Å². The van der Waals surface area contributed by atoms with E-state index in [2.05, 4.69) is 12.2 Å². The van der Waals surface area contributed by atoms with E-state index in [1.807, 2.05) is 24.3 Å². The summed E-state index contributed by atoms with van der Waals surface area (Å²) >= 11 is 6.02. The lowest BCUT2D eigenvalue weighted by molar-refractivity contribution is -0.120. The second-order valence-corrected chi connectivity index (χ2v) is 10.1. The van der Waals surface area contributed by atoms with Crippen LogP contribution in [0.4, 0.5) is 5.69 Å². The van der Waals surface area contributed by atoms with Crippen LogP contribution in [0.25, 0.3) is 0 Å². The van der Waals surface area contributed by atoms with Crippen molar-refractivity contribution in [3.05, 3.63) is 53.1 Å². The van der Waals surface area contributed by atoms with Gasteiger partial charge in [-0.25, -0.2) is 8.42 Å². The average Bonchev–Trinajstić information content (AvgIpc) is 2.78. The standard InChI is InChI=1S/C23H29ClN2O4S/c1-3-4-6-17-8-11-20(12-9-17)25-23(27)18-7-5-14-26(16-18)31(28,29)22-15-19(24)10-13-21(22)30-2/h8-13,15,18H,3-7,14,16H2,1-2H3,(H,25,27)/t18-/m0/s1. The normalized spacial score (nSPS) is 17.3. The lowest BCUT2D eigenvalue weighted by Gasteiger charge is -2.31. The second kappa shape index (κ2) is 10.5. The van der Waals surface area contributed by atoms with Crippen LogP contribution in [-0.2, 0) is 21.2 Å². The van der Waals surface area contributed by atoms with E-state index in [-0.39, 0.29) is 23.1 Å². The number of aryl methyl sites for hydroxylation is 1. The second-order valence-electron chi connectivity index (χ2n) is 7.79. The Morgan fingerprint density at radius 2 is 1.97 bits per heavy atom. The molecule has 168 valence electrons. The Balaban J connectivity index is 1.70. The van der Waals surface area contributed by atoms with E-state index >= 15 is 0 Å². The highest BCUT2D eigenvalue weighted by Gasteiger charge is 2.35.